The lowest BCUT2D eigenvalue weighted by Crippen LogP contribution is -2.54. The van der Waals surface area contributed by atoms with Crippen molar-refractivity contribution in [2.75, 3.05) is 31.1 Å². The predicted molar refractivity (Wildman–Crippen MR) is 80.5 cm³/mol. The van der Waals surface area contributed by atoms with Gasteiger partial charge in [0.05, 0.1) is 5.92 Å². The summed E-state index contributed by atoms with van der Waals surface area (Å²) in [5, 5.41) is 0.635. The lowest BCUT2D eigenvalue weighted by molar-refractivity contribution is -0.135. The van der Waals surface area contributed by atoms with Crippen molar-refractivity contribution in [1.82, 2.24) is 9.88 Å². The third kappa shape index (κ3) is 2.25. The van der Waals surface area contributed by atoms with E-state index in [-0.39, 0.29) is 11.8 Å². The van der Waals surface area contributed by atoms with E-state index in [1.165, 1.54) is 0 Å². The number of carbonyl (C=O) groups is 1. The van der Waals surface area contributed by atoms with Gasteiger partial charge in [0.2, 0.25) is 5.91 Å². The Balaban J connectivity index is 1.45. The highest BCUT2D eigenvalue weighted by atomic mass is 35.5. The average Bonchev–Trinajstić information content (AvgIpc) is 3.04. The standard InChI is InChI=1S/C15H16ClN3O2/c16-11-3-4-12-13(7-11)21-15(17-12)19-8-10(9-19)14(20)18-5-1-2-6-18/h3-4,7,10H,1-2,5-6,8-9H2. The lowest BCUT2D eigenvalue weighted by atomic mass is 9.99. The van der Waals surface area contributed by atoms with Gasteiger partial charge in [-0.25, -0.2) is 0 Å². The summed E-state index contributed by atoms with van der Waals surface area (Å²) in [7, 11) is 0. The number of fused-ring (bicyclic) bond motifs is 1. The number of rotatable bonds is 2. The molecule has 3 heterocycles. The van der Waals surface area contributed by atoms with Gasteiger partial charge in [-0.05, 0) is 25.0 Å². The third-order valence-electron chi connectivity index (χ3n) is 4.26. The molecule has 0 spiro atoms. The molecular weight excluding hydrogens is 290 g/mol. The molecular formula is C15H16ClN3O2. The summed E-state index contributed by atoms with van der Waals surface area (Å²) >= 11 is 5.94. The van der Waals surface area contributed by atoms with Crippen LogP contribution in [0.1, 0.15) is 12.8 Å². The summed E-state index contributed by atoms with van der Waals surface area (Å²) < 4.78 is 5.71. The van der Waals surface area contributed by atoms with Crippen molar-refractivity contribution in [3.63, 3.8) is 0 Å². The number of likely N-dealkylation sites (tertiary alicyclic amines) is 1. The maximum absolute atomic E-state index is 12.3. The van der Waals surface area contributed by atoms with Gasteiger partial charge in [0, 0.05) is 37.3 Å². The highest BCUT2D eigenvalue weighted by Crippen LogP contribution is 2.30. The van der Waals surface area contributed by atoms with Gasteiger partial charge in [0.15, 0.2) is 5.58 Å². The summed E-state index contributed by atoms with van der Waals surface area (Å²) in [5.41, 5.74) is 1.48. The Morgan fingerprint density at radius 1 is 1.29 bits per heavy atom. The van der Waals surface area contributed by atoms with Crippen molar-refractivity contribution in [3.8, 4) is 0 Å². The zero-order valence-corrected chi connectivity index (χ0v) is 12.3. The van der Waals surface area contributed by atoms with Gasteiger partial charge in [0.1, 0.15) is 5.52 Å². The Kier molecular flexibility index (Phi) is 3.03. The molecule has 1 aromatic heterocycles. The molecule has 4 rings (SSSR count). The molecule has 2 fully saturated rings. The van der Waals surface area contributed by atoms with Crippen LogP contribution in [-0.2, 0) is 4.79 Å². The number of nitrogens with zero attached hydrogens (tertiary/aromatic N) is 3. The van der Waals surface area contributed by atoms with Gasteiger partial charge in [-0.15, -0.1) is 0 Å². The Morgan fingerprint density at radius 3 is 2.81 bits per heavy atom. The maximum atomic E-state index is 12.3. The van der Waals surface area contributed by atoms with E-state index in [1.807, 2.05) is 15.9 Å². The van der Waals surface area contributed by atoms with Crippen LogP contribution in [0.3, 0.4) is 0 Å². The first kappa shape index (κ1) is 13.0. The van der Waals surface area contributed by atoms with Crippen LogP contribution >= 0.6 is 11.6 Å². The quantitative estimate of drug-likeness (QED) is 0.855. The highest BCUT2D eigenvalue weighted by molar-refractivity contribution is 6.31. The number of carbonyl (C=O) groups excluding carboxylic acids is 1. The molecule has 21 heavy (non-hydrogen) atoms. The van der Waals surface area contributed by atoms with Crippen LogP contribution in [-0.4, -0.2) is 42.0 Å². The van der Waals surface area contributed by atoms with Crippen LogP contribution < -0.4 is 4.90 Å². The Bertz CT molecular complexity index is 687. The molecule has 2 aliphatic rings. The predicted octanol–water partition coefficient (Wildman–Crippen LogP) is 2.54. The molecule has 2 aromatic rings. The molecule has 6 heteroatoms. The number of aromatic nitrogens is 1. The second kappa shape index (κ2) is 4.91. The van der Waals surface area contributed by atoms with Gasteiger partial charge in [-0.1, -0.05) is 11.6 Å². The van der Waals surface area contributed by atoms with E-state index in [0.717, 1.165) is 31.4 Å². The van der Waals surface area contributed by atoms with E-state index in [4.69, 9.17) is 16.0 Å². The molecule has 5 nitrogen and oxygen atoms in total. The van der Waals surface area contributed by atoms with E-state index in [9.17, 15) is 4.79 Å². The van der Waals surface area contributed by atoms with E-state index < -0.39 is 0 Å². The maximum Gasteiger partial charge on any atom is 0.298 e. The fourth-order valence-electron chi connectivity index (χ4n) is 3.01. The molecule has 110 valence electrons. The van der Waals surface area contributed by atoms with Crippen molar-refractivity contribution in [2.45, 2.75) is 12.8 Å². The number of benzene rings is 1. The summed E-state index contributed by atoms with van der Waals surface area (Å²) in [5.74, 6) is 0.365. The van der Waals surface area contributed by atoms with Crippen LogP contribution in [0.15, 0.2) is 22.6 Å². The second-order valence-corrected chi connectivity index (χ2v) is 6.18. The molecule has 2 aliphatic heterocycles. The SMILES string of the molecule is O=C(C1CN(c2nc3ccc(Cl)cc3o2)C1)N1CCCC1. The molecule has 0 aliphatic carbocycles. The van der Waals surface area contributed by atoms with Crippen molar-refractivity contribution in [1.29, 1.82) is 0 Å². The third-order valence-corrected chi connectivity index (χ3v) is 4.49. The Hall–Kier alpha value is -1.75. The molecule has 0 atom stereocenters. The molecule has 0 radical (unpaired) electrons. The van der Waals surface area contributed by atoms with Crippen molar-refractivity contribution in [2.24, 2.45) is 5.92 Å². The molecule has 0 unspecified atom stereocenters. The summed E-state index contributed by atoms with van der Waals surface area (Å²) in [6.45, 7) is 3.21. The number of hydrogen-bond acceptors (Lipinski definition) is 4. The minimum Gasteiger partial charge on any atom is -0.423 e. The van der Waals surface area contributed by atoms with Crippen molar-refractivity contribution in [3.05, 3.63) is 23.2 Å². The van der Waals surface area contributed by atoms with Crippen LogP contribution in [0.5, 0.6) is 0 Å². The minimum absolute atomic E-state index is 0.0849. The highest BCUT2D eigenvalue weighted by Gasteiger charge is 2.38. The fourth-order valence-corrected chi connectivity index (χ4v) is 3.17. The van der Waals surface area contributed by atoms with Gasteiger partial charge < -0.3 is 14.2 Å². The van der Waals surface area contributed by atoms with E-state index in [0.29, 0.717) is 29.7 Å². The number of anilines is 1. The second-order valence-electron chi connectivity index (χ2n) is 5.74. The smallest absolute Gasteiger partial charge is 0.298 e. The average molecular weight is 306 g/mol. The first-order valence-corrected chi connectivity index (χ1v) is 7.68. The molecule has 1 aromatic carbocycles. The number of oxazole rings is 1. The van der Waals surface area contributed by atoms with E-state index in [1.54, 1.807) is 12.1 Å². The number of halogens is 1. The fraction of sp³-hybridized carbons (Fsp3) is 0.467. The number of amides is 1. The summed E-state index contributed by atoms with van der Waals surface area (Å²) in [6, 6.07) is 5.99. The first-order valence-electron chi connectivity index (χ1n) is 7.30. The van der Waals surface area contributed by atoms with Gasteiger partial charge >= 0.3 is 0 Å². The molecule has 1 amide bonds. The molecule has 0 saturated carbocycles. The zero-order chi connectivity index (χ0) is 14.4. The zero-order valence-electron chi connectivity index (χ0n) is 11.6. The summed E-state index contributed by atoms with van der Waals surface area (Å²) in [6.07, 6.45) is 2.27. The minimum atomic E-state index is 0.0849. The Labute approximate surface area is 127 Å². The van der Waals surface area contributed by atoms with E-state index >= 15 is 0 Å². The normalized spacial score (nSPS) is 19.3. The van der Waals surface area contributed by atoms with E-state index in [2.05, 4.69) is 4.98 Å². The topological polar surface area (TPSA) is 49.6 Å². The van der Waals surface area contributed by atoms with Crippen LogP contribution in [0.2, 0.25) is 5.02 Å². The molecule has 0 bridgehead atoms. The summed E-state index contributed by atoms with van der Waals surface area (Å²) in [4.78, 5) is 20.7. The van der Waals surface area contributed by atoms with Crippen molar-refractivity contribution >= 4 is 34.6 Å². The lowest BCUT2D eigenvalue weighted by Gasteiger charge is -2.38. The van der Waals surface area contributed by atoms with Gasteiger partial charge in [0.25, 0.3) is 6.01 Å². The Morgan fingerprint density at radius 2 is 2.05 bits per heavy atom. The van der Waals surface area contributed by atoms with Gasteiger partial charge in [-0.3, -0.25) is 4.79 Å². The first-order chi connectivity index (χ1) is 10.2. The number of hydrogen-bond donors (Lipinski definition) is 0. The van der Waals surface area contributed by atoms with Crippen molar-refractivity contribution < 1.29 is 9.21 Å². The molecule has 0 N–H and O–H groups in total. The molecule has 2 saturated heterocycles. The van der Waals surface area contributed by atoms with Crippen LogP contribution in [0, 0.1) is 5.92 Å². The monoisotopic (exact) mass is 305 g/mol. The van der Waals surface area contributed by atoms with Crippen LogP contribution in [0.4, 0.5) is 6.01 Å². The van der Waals surface area contributed by atoms with Crippen LogP contribution in [0.25, 0.3) is 11.1 Å². The largest absolute Gasteiger partial charge is 0.423 e. The van der Waals surface area contributed by atoms with Gasteiger partial charge in [-0.2, -0.15) is 4.98 Å².